The van der Waals surface area contributed by atoms with E-state index < -0.39 is 0 Å². The van der Waals surface area contributed by atoms with Crippen molar-refractivity contribution in [3.8, 4) is 11.5 Å². The second kappa shape index (κ2) is 9.61. The van der Waals surface area contributed by atoms with Crippen LogP contribution in [0.1, 0.15) is 24.3 Å². The highest BCUT2D eigenvalue weighted by Gasteiger charge is 2.26. The van der Waals surface area contributed by atoms with Gasteiger partial charge in [-0.05, 0) is 37.3 Å². The number of furan rings is 1. The molecule has 1 saturated heterocycles. The lowest BCUT2D eigenvalue weighted by Crippen LogP contribution is -3.28. The molecule has 28 heavy (non-hydrogen) atoms. The molecule has 0 saturated carbocycles. The van der Waals surface area contributed by atoms with Crippen LogP contribution in [0.25, 0.3) is 0 Å². The molecule has 1 aromatic carbocycles. The lowest BCUT2D eigenvalue weighted by atomic mass is 10.1. The lowest BCUT2D eigenvalue weighted by molar-refractivity contribution is -1.02. The van der Waals surface area contributed by atoms with Crippen molar-refractivity contribution in [3.63, 3.8) is 0 Å². The topological polar surface area (TPSA) is 69.6 Å². The number of amides is 1. The molecule has 152 valence electrons. The Morgan fingerprint density at radius 2 is 1.82 bits per heavy atom. The Bertz CT molecular complexity index is 755. The van der Waals surface area contributed by atoms with Crippen LogP contribution in [0.5, 0.6) is 11.5 Å². The van der Waals surface area contributed by atoms with Crippen LogP contribution in [0, 0.1) is 0 Å². The summed E-state index contributed by atoms with van der Waals surface area (Å²) in [6, 6.07) is 9.72. The Balaban J connectivity index is 1.43. The minimum atomic E-state index is -0.0983. The van der Waals surface area contributed by atoms with E-state index in [1.54, 1.807) is 20.5 Å². The van der Waals surface area contributed by atoms with E-state index >= 15 is 0 Å². The van der Waals surface area contributed by atoms with Crippen LogP contribution in [0.3, 0.4) is 0 Å². The third kappa shape index (κ3) is 5.27. The quantitative estimate of drug-likeness (QED) is 0.567. The molecule has 1 aliphatic rings. The fourth-order valence-corrected chi connectivity index (χ4v) is 3.72. The molecule has 1 atom stereocenters. The first-order chi connectivity index (χ1) is 13.6. The fourth-order valence-electron chi connectivity index (χ4n) is 3.72. The molecule has 7 heteroatoms. The van der Waals surface area contributed by atoms with Crippen molar-refractivity contribution in [2.75, 3.05) is 46.9 Å². The number of quaternary nitrogens is 2. The molecule has 0 aliphatic carbocycles. The maximum atomic E-state index is 12.3. The van der Waals surface area contributed by atoms with Crippen molar-refractivity contribution in [1.82, 2.24) is 5.32 Å². The third-order valence-electron chi connectivity index (χ3n) is 5.32. The van der Waals surface area contributed by atoms with Crippen molar-refractivity contribution >= 4 is 5.91 Å². The summed E-state index contributed by atoms with van der Waals surface area (Å²) in [7, 11) is 3.31. The smallest absolute Gasteiger partial charge is 0.275 e. The van der Waals surface area contributed by atoms with E-state index in [0.717, 1.165) is 50.0 Å². The highest BCUT2D eigenvalue weighted by Crippen LogP contribution is 2.27. The van der Waals surface area contributed by atoms with Crippen molar-refractivity contribution in [2.45, 2.75) is 19.5 Å². The van der Waals surface area contributed by atoms with Gasteiger partial charge in [0.2, 0.25) is 0 Å². The summed E-state index contributed by atoms with van der Waals surface area (Å²) in [5.41, 5.74) is 1.24. The van der Waals surface area contributed by atoms with Crippen LogP contribution in [0.4, 0.5) is 0 Å². The predicted octanol–water partition coefficient (Wildman–Crippen LogP) is -0.542. The van der Waals surface area contributed by atoms with Gasteiger partial charge in [-0.15, -0.1) is 0 Å². The molecule has 0 spiro atoms. The first-order valence-electron chi connectivity index (χ1n) is 9.80. The van der Waals surface area contributed by atoms with Crippen LogP contribution in [-0.2, 0) is 11.3 Å². The minimum Gasteiger partial charge on any atom is -0.493 e. The number of benzene rings is 1. The van der Waals surface area contributed by atoms with Crippen LogP contribution in [0.2, 0.25) is 0 Å². The predicted molar refractivity (Wildman–Crippen MR) is 105 cm³/mol. The fraction of sp³-hybridized carbons (Fsp3) is 0.476. The minimum absolute atomic E-state index is 0.0715. The summed E-state index contributed by atoms with van der Waals surface area (Å²) in [6.45, 7) is 7.48. The van der Waals surface area contributed by atoms with Gasteiger partial charge >= 0.3 is 0 Å². The molecule has 0 radical (unpaired) electrons. The number of methoxy groups -OCH3 is 2. The van der Waals surface area contributed by atoms with Gasteiger partial charge in [-0.3, -0.25) is 4.79 Å². The van der Waals surface area contributed by atoms with Gasteiger partial charge in [0.15, 0.2) is 18.0 Å². The third-order valence-corrected chi connectivity index (χ3v) is 5.32. The highest BCUT2D eigenvalue weighted by molar-refractivity contribution is 5.77. The lowest BCUT2D eigenvalue weighted by Gasteiger charge is -2.29. The average Bonchev–Trinajstić information content (AvgIpc) is 3.24. The van der Waals surface area contributed by atoms with Gasteiger partial charge in [-0.2, -0.15) is 0 Å². The molecule has 3 N–H and O–H groups in total. The normalized spacial score (nSPS) is 20.4. The van der Waals surface area contributed by atoms with Crippen molar-refractivity contribution < 1.29 is 28.5 Å². The van der Waals surface area contributed by atoms with E-state index in [1.807, 2.05) is 25.1 Å². The summed E-state index contributed by atoms with van der Waals surface area (Å²) >= 11 is 0. The first kappa shape index (κ1) is 20.2. The first-order valence-corrected chi connectivity index (χ1v) is 9.80. The molecule has 2 aromatic rings. The molecule has 1 amide bonds. The largest absolute Gasteiger partial charge is 0.493 e. The van der Waals surface area contributed by atoms with E-state index in [-0.39, 0.29) is 11.9 Å². The molecule has 1 aliphatic heterocycles. The van der Waals surface area contributed by atoms with Gasteiger partial charge in [-0.1, -0.05) is 0 Å². The summed E-state index contributed by atoms with van der Waals surface area (Å²) in [5.74, 6) is 2.38. The molecule has 7 nitrogen and oxygen atoms in total. The van der Waals surface area contributed by atoms with Crippen LogP contribution >= 0.6 is 0 Å². The SMILES string of the molecule is COc1ccc(C[NH+]2CC[NH+](CC(=O)N[C@@H](C)c3ccco3)CC2)cc1OC. The Morgan fingerprint density at radius 3 is 2.46 bits per heavy atom. The zero-order chi connectivity index (χ0) is 19.9. The number of carbonyl (C=O) groups is 1. The number of carbonyl (C=O) groups excluding carboxylic acids is 1. The second-order valence-corrected chi connectivity index (χ2v) is 7.35. The van der Waals surface area contributed by atoms with Crippen molar-refractivity contribution in [1.29, 1.82) is 0 Å². The van der Waals surface area contributed by atoms with Gasteiger partial charge in [0.05, 0.1) is 26.5 Å². The monoisotopic (exact) mass is 389 g/mol. The zero-order valence-corrected chi connectivity index (χ0v) is 16.9. The van der Waals surface area contributed by atoms with E-state index in [0.29, 0.717) is 6.54 Å². The molecular formula is C21H31N3O4+2. The number of nitrogens with one attached hydrogen (secondary N) is 3. The standard InChI is InChI=1S/C21H29N3O4/c1-16(18-5-4-12-28-18)22-21(25)15-24-10-8-23(9-11-24)14-17-6-7-19(26-2)20(13-17)27-3/h4-7,12-13,16H,8-11,14-15H2,1-3H3,(H,22,25)/p+2/t16-/m0/s1. The summed E-state index contributed by atoms with van der Waals surface area (Å²) < 4.78 is 16.0. The Labute approximate surface area is 166 Å². The van der Waals surface area contributed by atoms with E-state index in [1.165, 1.54) is 15.4 Å². The number of ether oxygens (including phenoxy) is 2. The average molecular weight is 389 g/mol. The van der Waals surface area contributed by atoms with Gasteiger partial charge in [0.25, 0.3) is 5.91 Å². The Hall–Kier alpha value is -2.51. The highest BCUT2D eigenvalue weighted by atomic mass is 16.5. The van der Waals surface area contributed by atoms with Crippen LogP contribution in [-0.4, -0.2) is 52.9 Å². The van der Waals surface area contributed by atoms with E-state index in [9.17, 15) is 4.79 Å². The Kier molecular flexibility index (Phi) is 6.95. The number of piperazine rings is 1. The van der Waals surface area contributed by atoms with E-state index in [2.05, 4.69) is 17.4 Å². The van der Waals surface area contributed by atoms with Gasteiger partial charge in [0.1, 0.15) is 38.5 Å². The zero-order valence-electron chi connectivity index (χ0n) is 16.9. The molecule has 1 fully saturated rings. The van der Waals surface area contributed by atoms with E-state index in [4.69, 9.17) is 13.9 Å². The molecule has 2 heterocycles. The summed E-state index contributed by atoms with van der Waals surface area (Å²) in [5, 5.41) is 3.02. The van der Waals surface area contributed by atoms with Crippen LogP contribution < -0.4 is 24.6 Å². The number of hydrogen-bond acceptors (Lipinski definition) is 4. The van der Waals surface area contributed by atoms with Gasteiger partial charge < -0.3 is 29.0 Å². The molecule has 3 rings (SSSR count). The van der Waals surface area contributed by atoms with Crippen LogP contribution in [0.15, 0.2) is 41.0 Å². The Morgan fingerprint density at radius 1 is 1.11 bits per heavy atom. The van der Waals surface area contributed by atoms with Crippen molar-refractivity contribution in [2.24, 2.45) is 0 Å². The maximum absolute atomic E-state index is 12.3. The summed E-state index contributed by atoms with van der Waals surface area (Å²) in [6.07, 6.45) is 1.63. The number of rotatable bonds is 8. The summed E-state index contributed by atoms with van der Waals surface area (Å²) in [4.78, 5) is 15.2. The second-order valence-electron chi connectivity index (χ2n) is 7.35. The molecule has 0 unspecified atom stereocenters. The van der Waals surface area contributed by atoms with Crippen molar-refractivity contribution in [3.05, 3.63) is 47.9 Å². The van der Waals surface area contributed by atoms with Gasteiger partial charge in [0, 0.05) is 5.56 Å². The molecule has 0 bridgehead atoms. The molecule has 1 aromatic heterocycles. The number of hydrogen-bond donors (Lipinski definition) is 3. The maximum Gasteiger partial charge on any atom is 0.275 e. The van der Waals surface area contributed by atoms with Gasteiger partial charge in [-0.25, -0.2) is 0 Å². The molecular weight excluding hydrogens is 358 g/mol.